The first-order chi connectivity index (χ1) is 6.40. The Hall–Kier alpha value is -1.02. The molecule has 1 aliphatic heterocycles. The van der Waals surface area contributed by atoms with Crippen molar-refractivity contribution in [1.82, 2.24) is 0 Å². The highest BCUT2D eigenvalue weighted by Gasteiger charge is 2.07. The number of methoxy groups -OCH3 is 1. The minimum Gasteiger partial charge on any atom is -0.385 e. The maximum atomic E-state index is 5.10. The minimum absolute atomic E-state index is 0.716. The van der Waals surface area contributed by atoms with E-state index in [1.54, 1.807) is 7.11 Å². The summed E-state index contributed by atoms with van der Waals surface area (Å²) in [5.74, 6) is 0. The smallest absolute Gasteiger partial charge is 0.0713 e. The van der Waals surface area contributed by atoms with Crippen LogP contribution < -0.4 is 5.32 Å². The summed E-state index contributed by atoms with van der Waals surface area (Å²) in [6, 6.07) is 6.52. The van der Waals surface area contributed by atoms with E-state index < -0.39 is 0 Å². The third kappa shape index (κ3) is 1.83. The van der Waals surface area contributed by atoms with Crippen molar-refractivity contribution in [2.45, 2.75) is 19.4 Å². The Balaban J connectivity index is 2.24. The van der Waals surface area contributed by atoms with Crippen molar-refractivity contribution in [3.05, 3.63) is 29.3 Å². The highest BCUT2D eigenvalue weighted by Crippen LogP contribution is 2.22. The number of aryl methyl sites for hydroxylation is 1. The van der Waals surface area contributed by atoms with Crippen LogP contribution in [-0.2, 0) is 17.8 Å². The lowest BCUT2D eigenvalue weighted by molar-refractivity contribution is 0.185. The van der Waals surface area contributed by atoms with E-state index in [1.807, 2.05) is 0 Å². The Labute approximate surface area is 78.9 Å². The molecule has 1 aromatic rings. The van der Waals surface area contributed by atoms with Crippen molar-refractivity contribution in [3.8, 4) is 0 Å². The fourth-order valence-corrected chi connectivity index (χ4v) is 1.78. The van der Waals surface area contributed by atoms with Gasteiger partial charge in [-0.15, -0.1) is 0 Å². The third-order valence-electron chi connectivity index (χ3n) is 2.42. The van der Waals surface area contributed by atoms with Gasteiger partial charge in [0.05, 0.1) is 6.61 Å². The molecule has 0 bridgehead atoms. The average Bonchev–Trinajstić information content (AvgIpc) is 2.18. The van der Waals surface area contributed by atoms with E-state index in [9.17, 15) is 0 Å². The van der Waals surface area contributed by atoms with E-state index >= 15 is 0 Å². The zero-order valence-electron chi connectivity index (χ0n) is 7.97. The number of fused-ring (bicyclic) bond motifs is 1. The van der Waals surface area contributed by atoms with E-state index in [0.29, 0.717) is 6.61 Å². The van der Waals surface area contributed by atoms with Crippen LogP contribution in [0.4, 0.5) is 5.69 Å². The summed E-state index contributed by atoms with van der Waals surface area (Å²) in [6.45, 7) is 1.82. The van der Waals surface area contributed by atoms with Crippen molar-refractivity contribution in [2.75, 3.05) is 19.0 Å². The second-order valence-corrected chi connectivity index (χ2v) is 3.45. The normalized spacial score (nSPS) is 14.8. The number of nitrogens with one attached hydrogen (secondary N) is 1. The summed E-state index contributed by atoms with van der Waals surface area (Å²) in [7, 11) is 1.73. The van der Waals surface area contributed by atoms with Crippen molar-refractivity contribution >= 4 is 5.69 Å². The molecule has 13 heavy (non-hydrogen) atoms. The topological polar surface area (TPSA) is 21.3 Å². The predicted octanol–water partition coefficient (Wildman–Crippen LogP) is 2.19. The average molecular weight is 177 g/mol. The van der Waals surface area contributed by atoms with Crippen molar-refractivity contribution in [2.24, 2.45) is 0 Å². The summed E-state index contributed by atoms with van der Waals surface area (Å²) in [4.78, 5) is 0. The summed E-state index contributed by atoms with van der Waals surface area (Å²) < 4.78 is 5.10. The molecule has 0 atom stereocenters. The lowest BCUT2D eigenvalue weighted by Gasteiger charge is -2.18. The van der Waals surface area contributed by atoms with Crippen LogP contribution in [-0.4, -0.2) is 13.7 Å². The van der Waals surface area contributed by atoms with Gasteiger partial charge >= 0.3 is 0 Å². The molecule has 0 aromatic heterocycles. The second-order valence-electron chi connectivity index (χ2n) is 3.45. The minimum atomic E-state index is 0.716. The van der Waals surface area contributed by atoms with Crippen LogP contribution in [0.1, 0.15) is 17.5 Å². The van der Waals surface area contributed by atoms with Crippen LogP contribution >= 0.6 is 0 Å². The van der Waals surface area contributed by atoms with Gasteiger partial charge in [-0.05, 0) is 30.0 Å². The molecule has 1 N–H and O–H groups in total. The lowest BCUT2D eigenvalue weighted by atomic mass is 10.0. The van der Waals surface area contributed by atoms with E-state index in [1.165, 1.54) is 29.7 Å². The molecule has 0 fully saturated rings. The van der Waals surface area contributed by atoms with Crippen molar-refractivity contribution < 1.29 is 4.74 Å². The summed E-state index contributed by atoms with van der Waals surface area (Å²) in [5, 5.41) is 3.39. The van der Waals surface area contributed by atoms with E-state index in [2.05, 4.69) is 23.5 Å². The number of rotatable bonds is 2. The molecule has 2 heteroatoms. The van der Waals surface area contributed by atoms with Crippen LogP contribution in [0, 0.1) is 0 Å². The molecule has 1 aliphatic rings. The van der Waals surface area contributed by atoms with Gasteiger partial charge in [-0.1, -0.05) is 12.1 Å². The number of hydrogen-bond acceptors (Lipinski definition) is 2. The van der Waals surface area contributed by atoms with Gasteiger partial charge in [0, 0.05) is 19.3 Å². The maximum Gasteiger partial charge on any atom is 0.0713 e. The molecule has 2 rings (SSSR count). The first kappa shape index (κ1) is 8.57. The Morgan fingerprint density at radius 3 is 3.23 bits per heavy atom. The van der Waals surface area contributed by atoms with E-state index in [4.69, 9.17) is 4.74 Å². The zero-order chi connectivity index (χ0) is 9.10. The number of benzene rings is 1. The summed E-state index contributed by atoms with van der Waals surface area (Å²) in [6.07, 6.45) is 2.43. The molecule has 1 aromatic carbocycles. The van der Waals surface area contributed by atoms with Crippen LogP contribution in [0.15, 0.2) is 18.2 Å². The molecule has 0 amide bonds. The highest BCUT2D eigenvalue weighted by atomic mass is 16.5. The van der Waals surface area contributed by atoms with Crippen molar-refractivity contribution in [1.29, 1.82) is 0 Å². The quantitative estimate of drug-likeness (QED) is 0.747. The fourth-order valence-electron chi connectivity index (χ4n) is 1.78. The van der Waals surface area contributed by atoms with Gasteiger partial charge in [-0.2, -0.15) is 0 Å². The number of ether oxygens (including phenoxy) is 1. The molecular weight excluding hydrogens is 162 g/mol. The Morgan fingerprint density at radius 1 is 1.46 bits per heavy atom. The van der Waals surface area contributed by atoms with Crippen LogP contribution in [0.5, 0.6) is 0 Å². The first-order valence-corrected chi connectivity index (χ1v) is 4.75. The molecule has 0 spiro atoms. The Bertz CT molecular complexity index is 296. The summed E-state index contributed by atoms with van der Waals surface area (Å²) in [5.41, 5.74) is 4.00. The van der Waals surface area contributed by atoms with Crippen LogP contribution in [0.25, 0.3) is 0 Å². The Kier molecular flexibility index (Phi) is 2.50. The molecular formula is C11H15NO. The predicted molar refractivity (Wildman–Crippen MR) is 54.0 cm³/mol. The number of anilines is 1. The van der Waals surface area contributed by atoms with Gasteiger partial charge in [-0.25, -0.2) is 0 Å². The Morgan fingerprint density at radius 2 is 2.38 bits per heavy atom. The molecule has 0 saturated carbocycles. The van der Waals surface area contributed by atoms with Gasteiger partial charge in [0.15, 0.2) is 0 Å². The van der Waals surface area contributed by atoms with Gasteiger partial charge in [0.2, 0.25) is 0 Å². The molecule has 0 radical (unpaired) electrons. The standard InChI is InChI=1S/C11H15NO/c1-13-8-9-4-5-11-10(7-9)3-2-6-12-11/h4-5,7,12H,2-3,6,8H2,1H3. The molecule has 1 heterocycles. The van der Waals surface area contributed by atoms with E-state index in [-0.39, 0.29) is 0 Å². The fraction of sp³-hybridized carbons (Fsp3) is 0.455. The van der Waals surface area contributed by atoms with Gasteiger partial charge in [0.25, 0.3) is 0 Å². The van der Waals surface area contributed by atoms with Crippen LogP contribution in [0.3, 0.4) is 0 Å². The van der Waals surface area contributed by atoms with Gasteiger partial charge < -0.3 is 10.1 Å². The highest BCUT2D eigenvalue weighted by molar-refractivity contribution is 5.54. The summed E-state index contributed by atoms with van der Waals surface area (Å²) >= 11 is 0. The molecule has 0 aliphatic carbocycles. The van der Waals surface area contributed by atoms with Crippen LogP contribution in [0.2, 0.25) is 0 Å². The molecule has 70 valence electrons. The zero-order valence-corrected chi connectivity index (χ0v) is 7.97. The van der Waals surface area contributed by atoms with Gasteiger partial charge in [-0.3, -0.25) is 0 Å². The molecule has 0 saturated heterocycles. The maximum absolute atomic E-state index is 5.10. The largest absolute Gasteiger partial charge is 0.385 e. The molecule has 0 unspecified atom stereocenters. The monoisotopic (exact) mass is 177 g/mol. The SMILES string of the molecule is COCc1ccc2c(c1)CCCN2. The number of hydrogen-bond donors (Lipinski definition) is 1. The van der Waals surface area contributed by atoms with Crippen molar-refractivity contribution in [3.63, 3.8) is 0 Å². The lowest BCUT2D eigenvalue weighted by Crippen LogP contribution is -2.11. The molecule has 2 nitrogen and oxygen atoms in total. The van der Waals surface area contributed by atoms with Gasteiger partial charge in [0.1, 0.15) is 0 Å². The second kappa shape index (κ2) is 3.79. The first-order valence-electron chi connectivity index (χ1n) is 4.75. The van der Waals surface area contributed by atoms with E-state index in [0.717, 1.165) is 6.54 Å². The third-order valence-corrected chi connectivity index (χ3v) is 2.42.